The molecule has 0 spiro atoms. The van der Waals surface area contributed by atoms with E-state index >= 15 is 0 Å². The Kier molecular flexibility index (Phi) is 6.89. The van der Waals surface area contributed by atoms with Crippen molar-refractivity contribution in [3.8, 4) is 16.3 Å². The molecular formula is C22H27N3O4S. The number of rotatable bonds is 9. The number of ether oxygens (including phenoxy) is 1. The molecule has 2 heterocycles. The maximum atomic E-state index is 13.2. The van der Waals surface area contributed by atoms with Crippen molar-refractivity contribution in [2.45, 2.75) is 46.7 Å². The number of nitrogens with two attached hydrogens (primary N) is 1. The zero-order valence-corrected chi connectivity index (χ0v) is 18.3. The molecule has 30 heavy (non-hydrogen) atoms. The molecule has 160 valence electrons. The van der Waals surface area contributed by atoms with Gasteiger partial charge in [0.2, 0.25) is 0 Å². The number of unbranched alkanes of at least 4 members (excludes halogenated alkanes) is 1. The number of benzene rings is 1. The average Bonchev–Trinajstić information content (AvgIpc) is 3.21. The fraction of sp³-hybridized carbons (Fsp3) is 0.409. The minimum absolute atomic E-state index is 0.00418. The summed E-state index contributed by atoms with van der Waals surface area (Å²) in [6.45, 7) is 7.47. The molecule has 0 unspecified atom stereocenters. The predicted molar refractivity (Wildman–Crippen MR) is 119 cm³/mol. The highest BCUT2D eigenvalue weighted by Crippen LogP contribution is 2.33. The third kappa shape index (κ3) is 4.39. The van der Waals surface area contributed by atoms with Crippen LogP contribution < -0.4 is 16.0 Å². The van der Waals surface area contributed by atoms with Crippen molar-refractivity contribution in [1.29, 1.82) is 0 Å². The summed E-state index contributed by atoms with van der Waals surface area (Å²) in [5, 5.41) is 12.5. The van der Waals surface area contributed by atoms with Gasteiger partial charge >= 0.3 is 5.97 Å². The van der Waals surface area contributed by atoms with E-state index in [1.807, 2.05) is 6.07 Å². The van der Waals surface area contributed by atoms with Crippen molar-refractivity contribution < 1.29 is 14.6 Å². The lowest BCUT2D eigenvalue weighted by molar-refractivity contribution is 0.0691. The molecule has 0 saturated carbocycles. The van der Waals surface area contributed by atoms with Gasteiger partial charge < -0.3 is 20.1 Å². The van der Waals surface area contributed by atoms with E-state index in [1.54, 1.807) is 16.7 Å². The quantitative estimate of drug-likeness (QED) is 0.496. The summed E-state index contributed by atoms with van der Waals surface area (Å²) in [7, 11) is 0. The minimum atomic E-state index is -1.07. The van der Waals surface area contributed by atoms with Crippen molar-refractivity contribution in [2.24, 2.45) is 11.7 Å². The zero-order chi connectivity index (χ0) is 21.8. The van der Waals surface area contributed by atoms with E-state index in [-0.39, 0.29) is 23.7 Å². The Morgan fingerprint density at radius 3 is 2.70 bits per heavy atom. The standard InChI is InChI=1S/C22H27N3O4S/c1-4-5-8-29-19-16-9-14(20-24-17(12-30-20)22(27)28)6-7-15(16)21(26)25(11-13(2)3)18(19)10-23/h6-7,9,12-13H,4-5,8,10-11,23H2,1-3H3,(H,27,28). The molecular weight excluding hydrogens is 402 g/mol. The number of carboxylic acid groups (broad SMARTS) is 1. The van der Waals surface area contributed by atoms with E-state index < -0.39 is 5.97 Å². The van der Waals surface area contributed by atoms with Crippen LogP contribution in [0.1, 0.15) is 49.8 Å². The summed E-state index contributed by atoms with van der Waals surface area (Å²) in [5.41, 5.74) is 7.39. The van der Waals surface area contributed by atoms with Crippen LogP contribution in [0.3, 0.4) is 0 Å². The third-order valence-electron chi connectivity index (χ3n) is 4.78. The highest BCUT2D eigenvalue weighted by atomic mass is 32.1. The van der Waals surface area contributed by atoms with Gasteiger partial charge in [-0.25, -0.2) is 9.78 Å². The number of carboxylic acids is 1. The number of aromatic carboxylic acids is 1. The minimum Gasteiger partial charge on any atom is -0.491 e. The first-order valence-electron chi connectivity index (χ1n) is 10.1. The molecule has 2 aromatic heterocycles. The Labute approximate surface area is 179 Å². The summed E-state index contributed by atoms with van der Waals surface area (Å²) < 4.78 is 7.86. The van der Waals surface area contributed by atoms with Crippen LogP contribution in [-0.2, 0) is 13.1 Å². The second-order valence-electron chi connectivity index (χ2n) is 7.59. The van der Waals surface area contributed by atoms with E-state index in [4.69, 9.17) is 15.6 Å². The Morgan fingerprint density at radius 2 is 2.10 bits per heavy atom. The SMILES string of the molecule is CCCCOc1c(CN)n(CC(C)C)c(=O)c2ccc(-c3nc(C(=O)O)cs3)cc12. The fourth-order valence-corrected chi connectivity index (χ4v) is 4.13. The molecule has 0 atom stereocenters. The van der Waals surface area contributed by atoms with Crippen LogP contribution in [0, 0.1) is 5.92 Å². The van der Waals surface area contributed by atoms with Gasteiger partial charge in [-0.1, -0.05) is 33.3 Å². The van der Waals surface area contributed by atoms with Gasteiger partial charge in [0.05, 0.1) is 17.7 Å². The van der Waals surface area contributed by atoms with Crippen LogP contribution in [0.25, 0.3) is 21.3 Å². The number of hydrogen-bond donors (Lipinski definition) is 2. The predicted octanol–water partition coefficient (Wildman–Crippen LogP) is 4.12. The number of hydrogen-bond acceptors (Lipinski definition) is 6. The van der Waals surface area contributed by atoms with Crippen LogP contribution >= 0.6 is 11.3 Å². The first-order valence-corrected chi connectivity index (χ1v) is 11.0. The van der Waals surface area contributed by atoms with Crippen LogP contribution in [0.15, 0.2) is 28.4 Å². The summed E-state index contributed by atoms with van der Waals surface area (Å²) in [6, 6.07) is 5.41. The molecule has 0 aliphatic rings. The van der Waals surface area contributed by atoms with E-state index in [1.165, 1.54) is 16.7 Å². The Hall–Kier alpha value is -2.71. The molecule has 8 heteroatoms. The molecule has 1 aromatic carbocycles. The van der Waals surface area contributed by atoms with Gasteiger partial charge in [0.1, 0.15) is 10.8 Å². The molecule has 0 aliphatic carbocycles. The number of pyridine rings is 1. The Bertz CT molecular complexity index is 1120. The normalized spacial score (nSPS) is 11.4. The molecule has 0 radical (unpaired) electrons. The first-order chi connectivity index (χ1) is 14.4. The largest absolute Gasteiger partial charge is 0.491 e. The van der Waals surface area contributed by atoms with Gasteiger partial charge in [-0.3, -0.25) is 4.79 Å². The maximum Gasteiger partial charge on any atom is 0.355 e. The van der Waals surface area contributed by atoms with Crippen molar-refractivity contribution in [2.75, 3.05) is 6.61 Å². The van der Waals surface area contributed by atoms with Crippen molar-refractivity contribution in [1.82, 2.24) is 9.55 Å². The highest BCUT2D eigenvalue weighted by Gasteiger charge is 2.19. The summed E-state index contributed by atoms with van der Waals surface area (Å²) in [6.07, 6.45) is 1.88. The number of thiazole rings is 1. The van der Waals surface area contributed by atoms with Crippen LogP contribution in [0.2, 0.25) is 0 Å². The van der Waals surface area contributed by atoms with Gasteiger partial charge in [0, 0.05) is 29.4 Å². The van der Waals surface area contributed by atoms with E-state index in [2.05, 4.69) is 25.8 Å². The van der Waals surface area contributed by atoms with Gasteiger partial charge in [-0.05, 0) is 24.5 Å². The van der Waals surface area contributed by atoms with E-state index in [0.717, 1.165) is 18.4 Å². The number of nitrogens with zero attached hydrogens (tertiary/aromatic N) is 2. The lowest BCUT2D eigenvalue weighted by Crippen LogP contribution is -2.28. The second-order valence-corrected chi connectivity index (χ2v) is 8.45. The van der Waals surface area contributed by atoms with Gasteiger partial charge in [-0.2, -0.15) is 0 Å². The number of aromatic nitrogens is 2. The van der Waals surface area contributed by atoms with Gasteiger partial charge in [-0.15, -0.1) is 11.3 Å². The lowest BCUT2D eigenvalue weighted by atomic mass is 10.1. The third-order valence-corrected chi connectivity index (χ3v) is 5.67. The smallest absolute Gasteiger partial charge is 0.355 e. The van der Waals surface area contributed by atoms with E-state index in [0.29, 0.717) is 40.4 Å². The highest BCUT2D eigenvalue weighted by molar-refractivity contribution is 7.13. The summed E-state index contributed by atoms with van der Waals surface area (Å²) in [4.78, 5) is 28.6. The number of carbonyl (C=O) groups is 1. The fourth-order valence-electron chi connectivity index (χ4n) is 3.34. The van der Waals surface area contributed by atoms with Crippen molar-refractivity contribution >= 4 is 28.1 Å². The van der Waals surface area contributed by atoms with Gasteiger partial charge in [0.25, 0.3) is 5.56 Å². The topological polar surface area (TPSA) is 107 Å². The van der Waals surface area contributed by atoms with Crippen LogP contribution in [0.4, 0.5) is 0 Å². The molecule has 0 bridgehead atoms. The molecule has 0 saturated heterocycles. The second kappa shape index (κ2) is 9.40. The van der Waals surface area contributed by atoms with Crippen molar-refractivity contribution in [3.05, 3.63) is 45.3 Å². The summed E-state index contributed by atoms with van der Waals surface area (Å²) in [5.74, 6) is -0.167. The van der Waals surface area contributed by atoms with E-state index in [9.17, 15) is 9.59 Å². The molecule has 0 amide bonds. The zero-order valence-electron chi connectivity index (χ0n) is 17.5. The van der Waals surface area contributed by atoms with Gasteiger partial charge in [0.15, 0.2) is 5.69 Å². The monoisotopic (exact) mass is 429 g/mol. The first kappa shape index (κ1) is 22.0. The van der Waals surface area contributed by atoms with Crippen LogP contribution in [0.5, 0.6) is 5.75 Å². The van der Waals surface area contributed by atoms with Crippen molar-refractivity contribution in [3.63, 3.8) is 0 Å². The molecule has 3 aromatic rings. The maximum absolute atomic E-state index is 13.2. The molecule has 0 aliphatic heterocycles. The molecule has 7 nitrogen and oxygen atoms in total. The Morgan fingerprint density at radius 1 is 1.33 bits per heavy atom. The number of fused-ring (bicyclic) bond motifs is 1. The Balaban J connectivity index is 2.23. The lowest BCUT2D eigenvalue weighted by Gasteiger charge is -2.20. The average molecular weight is 430 g/mol. The molecule has 3 rings (SSSR count). The molecule has 0 fully saturated rings. The van der Waals surface area contributed by atoms with Crippen LogP contribution in [-0.4, -0.2) is 27.2 Å². The summed E-state index contributed by atoms with van der Waals surface area (Å²) >= 11 is 1.25. The molecule has 3 N–H and O–H groups in total.